The van der Waals surface area contributed by atoms with E-state index in [9.17, 15) is 14.4 Å². The SMILES string of the molecule is CCNC(=O)[C@H](C)NC(=O)CSc1n[nH]c(=O)n1CCc1ccccc1. The first-order valence-electron chi connectivity index (χ1n) is 8.40. The number of carbonyl (C=O) groups is 2. The lowest BCUT2D eigenvalue weighted by molar-refractivity contribution is -0.127. The van der Waals surface area contributed by atoms with Crippen molar-refractivity contribution in [3.63, 3.8) is 0 Å². The van der Waals surface area contributed by atoms with E-state index in [2.05, 4.69) is 20.8 Å². The van der Waals surface area contributed by atoms with Gasteiger partial charge in [-0.05, 0) is 25.8 Å². The second-order valence-electron chi connectivity index (χ2n) is 5.67. The summed E-state index contributed by atoms with van der Waals surface area (Å²) >= 11 is 1.16. The normalized spacial score (nSPS) is 11.8. The topological polar surface area (TPSA) is 109 Å². The third-order valence-corrected chi connectivity index (χ3v) is 4.62. The number of nitrogens with one attached hydrogen (secondary N) is 3. The number of rotatable bonds is 9. The highest BCUT2D eigenvalue weighted by Gasteiger charge is 2.16. The molecule has 2 rings (SSSR count). The maximum Gasteiger partial charge on any atom is 0.343 e. The first-order chi connectivity index (χ1) is 12.5. The van der Waals surface area contributed by atoms with Crippen LogP contribution in [0.3, 0.4) is 0 Å². The molecule has 0 radical (unpaired) electrons. The molecule has 26 heavy (non-hydrogen) atoms. The molecule has 0 spiro atoms. The Labute approximate surface area is 155 Å². The predicted octanol–water partition coefficient (Wildman–Crippen LogP) is 0.547. The Bertz CT molecular complexity index is 787. The second kappa shape index (κ2) is 9.81. The minimum Gasteiger partial charge on any atom is -0.355 e. The first-order valence-corrected chi connectivity index (χ1v) is 9.38. The smallest absolute Gasteiger partial charge is 0.343 e. The minimum absolute atomic E-state index is 0.0688. The van der Waals surface area contributed by atoms with Crippen molar-refractivity contribution in [3.8, 4) is 0 Å². The van der Waals surface area contributed by atoms with E-state index in [-0.39, 0.29) is 23.3 Å². The van der Waals surface area contributed by atoms with Crippen LogP contribution in [0.1, 0.15) is 19.4 Å². The number of aromatic amines is 1. The summed E-state index contributed by atoms with van der Waals surface area (Å²) in [6.07, 6.45) is 0.689. The van der Waals surface area contributed by atoms with Gasteiger partial charge in [-0.2, -0.15) is 0 Å². The molecule has 0 saturated heterocycles. The molecule has 0 aliphatic heterocycles. The Morgan fingerprint density at radius 2 is 2.04 bits per heavy atom. The van der Waals surface area contributed by atoms with Gasteiger partial charge in [0.15, 0.2) is 5.16 Å². The van der Waals surface area contributed by atoms with Crippen LogP contribution in [0.5, 0.6) is 0 Å². The van der Waals surface area contributed by atoms with E-state index in [0.29, 0.717) is 24.7 Å². The summed E-state index contributed by atoms with van der Waals surface area (Å²) in [7, 11) is 0. The molecule has 0 aliphatic carbocycles. The third-order valence-electron chi connectivity index (χ3n) is 3.64. The highest BCUT2D eigenvalue weighted by atomic mass is 32.2. The largest absolute Gasteiger partial charge is 0.355 e. The zero-order valence-electron chi connectivity index (χ0n) is 14.8. The third kappa shape index (κ3) is 5.76. The van der Waals surface area contributed by atoms with Crippen molar-refractivity contribution in [3.05, 3.63) is 46.4 Å². The molecule has 0 saturated carbocycles. The number of aromatic nitrogens is 3. The van der Waals surface area contributed by atoms with E-state index in [1.165, 1.54) is 4.57 Å². The van der Waals surface area contributed by atoms with Gasteiger partial charge in [0.05, 0.1) is 5.75 Å². The zero-order chi connectivity index (χ0) is 18.9. The van der Waals surface area contributed by atoms with E-state index in [0.717, 1.165) is 17.3 Å². The summed E-state index contributed by atoms with van der Waals surface area (Å²) in [5.41, 5.74) is 0.810. The molecule has 1 aromatic heterocycles. The quantitative estimate of drug-likeness (QED) is 0.553. The van der Waals surface area contributed by atoms with Crippen molar-refractivity contribution in [2.75, 3.05) is 12.3 Å². The fourth-order valence-corrected chi connectivity index (χ4v) is 3.09. The van der Waals surface area contributed by atoms with Crippen molar-refractivity contribution in [2.45, 2.75) is 38.0 Å². The molecule has 0 bridgehead atoms. The molecule has 9 heteroatoms. The van der Waals surface area contributed by atoms with E-state index in [1.54, 1.807) is 6.92 Å². The fraction of sp³-hybridized carbons (Fsp3) is 0.412. The molecular formula is C17H23N5O3S. The van der Waals surface area contributed by atoms with Crippen LogP contribution < -0.4 is 16.3 Å². The van der Waals surface area contributed by atoms with Crippen molar-refractivity contribution in [1.82, 2.24) is 25.4 Å². The molecule has 0 aliphatic rings. The Morgan fingerprint density at radius 1 is 1.31 bits per heavy atom. The average molecular weight is 377 g/mol. The van der Waals surface area contributed by atoms with Crippen LogP contribution in [-0.4, -0.2) is 44.9 Å². The molecule has 8 nitrogen and oxygen atoms in total. The molecule has 3 N–H and O–H groups in total. The lowest BCUT2D eigenvalue weighted by Crippen LogP contribution is -2.45. The Morgan fingerprint density at radius 3 is 2.73 bits per heavy atom. The number of carbonyl (C=O) groups excluding carboxylic acids is 2. The van der Waals surface area contributed by atoms with E-state index >= 15 is 0 Å². The number of likely N-dealkylation sites (N-methyl/N-ethyl adjacent to an activating group) is 1. The molecule has 0 unspecified atom stereocenters. The number of H-pyrrole nitrogens is 1. The van der Waals surface area contributed by atoms with Crippen molar-refractivity contribution >= 4 is 23.6 Å². The monoisotopic (exact) mass is 377 g/mol. The minimum atomic E-state index is -0.609. The summed E-state index contributed by atoms with van der Waals surface area (Å²) in [5.74, 6) is -0.455. The lowest BCUT2D eigenvalue weighted by atomic mass is 10.1. The van der Waals surface area contributed by atoms with Crippen molar-refractivity contribution in [2.24, 2.45) is 0 Å². The fourth-order valence-electron chi connectivity index (χ4n) is 2.30. The van der Waals surface area contributed by atoms with Gasteiger partial charge in [-0.3, -0.25) is 14.2 Å². The molecule has 1 heterocycles. The molecule has 140 valence electrons. The zero-order valence-corrected chi connectivity index (χ0v) is 15.6. The van der Waals surface area contributed by atoms with Crippen LogP contribution >= 0.6 is 11.8 Å². The number of aryl methyl sites for hydroxylation is 1. The first kappa shape index (κ1) is 19.8. The summed E-state index contributed by atoms with van der Waals surface area (Å²) < 4.78 is 1.51. The maximum absolute atomic E-state index is 12.0. The van der Waals surface area contributed by atoms with Crippen LogP contribution in [0.4, 0.5) is 0 Å². The Balaban J connectivity index is 1.89. The Hall–Kier alpha value is -2.55. The Kier molecular flexibility index (Phi) is 7.46. The van der Waals surface area contributed by atoms with Crippen LogP contribution in [0.25, 0.3) is 0 Å². The molecule has 2 aromatic rings. The number of nitrogens with zero attached hydrogens (tertiary/aromatic N) is 2. The number of benzene rings is 1. The van der Waals surface area contributed by atoms with Crippen LogP contribution in [0.2, 0.25) is 0 Å². The van der Waals surface area contributed by atoms with Crippen LogP contribution in [-0.2, 0) is 22.6 Å². The van der Waals surface area contributed by atoms with Gasteiger partial charge < -0.3 is 10.6 Å². The summed E-state index contributed by atoms with van der Waals surface area (Å²) in [6.45, 7) is 4.42. The lowest BCUT2D eigenvalue weighted by Gasteiger charge is -2.13. The number of hydrogen-bond acceptors (Lipinski definition) is 5. The second-order valence-corrected chi connectivity index (χ2v) is 6.61. The van der Waals surface area contributed by atoms with E-state index in [4.69, 9.17) is 0 Å². The van der Waals surface area contributed by atoms with Gasteiger partial charge in [0.2, 0.25) is 11.8 Å². The molecule has 1 atom stereocenters. The number of amides is 2. The van der Waals surface area contributed by atoms with Gasteiger partial charge in [0.25, 0.3) is 0 Å². The van der Waals surface area contributed by atoms with Gasteiger partial charge in [-0.25, -0.2) is 9.89 Å². The predicted molar refractivity (Wildman–Crippen MR) is 100 cm³/mol. The van der Waals surface area contributed by atoms with E-state index < -0.39 is 6.04 Å². The van der Waals surface area contributed by atoms with Crippen molar-refractivity contribution < 1.29 is 9.59 Å². The molecular weight excluding hydrogens is 354 g/mol. The molecule has 1 aromatic carbocycles. The van der Waals surface area contributed by atoms with Gasteiger partial charge in [0, 0.05) is 13.1 Å². The highest BCUT2D eigenvalue weighted by molar-refractivity contribution is 7.99. The number of hydrogen-bond donors (Lipinski definition) is 3. The van der Waals surface area contributed by atoms with Gasteiger partial charge in [0.1, 0.15) is 6.04 Å². The van der Waals surface area contributed by atoms with Crippen LogP contribution in [0, 0.1) is 0 Å². The average Bonchev–Trinajstić information content (AvgIpc) is 2.99. The molecule has 0 fully saturated rings. The van der Waals surface area contributed by atoms with Crippen molar-refractivity contribution in [1.29, 1.82) is 0 Å². The molecule has 2 amide bonds. The number of thioether (sulfide) groups is 1. The standard InChI is InChI=1S/C17H23N5O3S/c1-3-18-15(24)12(2)19-14(23)11-26-17-21-20-16(25)22(17)10-9-13-7-5-4-6-8-13/h4-8,12H,3,9-11H2,1-2H3,(H,18,24)(H,19,23)(H,20,25)/t12-/m0/s1. The maximum atomic E-state index is 12.0. The highest BCUT2D eigenvalue weighted by Crippen LogP contribution is 2.13. The summed E-state index contributed by atoms with van der Waals surface area (Å²) in [6, 6.07) is 9.21. The van der Waals surface area contributed by atoms with Crippen LogP contribution in [0.15, 0.2) is 40.3 Å². The van der Waals surface area contributed by atoms with Gasteiger partial charge in [-0.1, -0.05) is 42.1 Å². The summed E-state index contributed by atoms with van der Waals surface area (Å²) in [5, 5.41) is 12.1. The van der Waals surface area contributed by atoms with Gasteiger partial charge in [-0.15, -0.1) is 5.10 Å². The van der Waals surface area contributed by atoms with E-state index in [1.807, 2.05) is 37.3 Å². The summed E-state index contributed by atoms with van der Waals surface area (Å²) in [4.78, 5) is 35.6. The van der Waals surface area contributed by atoms with Gasteiger partial charge >= 0.3 is 5.69 Å².